The molecule has 1 amide bonds. The molecule has 0 spiro atoms. The van der Waals surface area contributed by atoms with Crippen molar-refractivity contribution in [2.75, 3.05) is 6.54 Å². The number of carboxylic acids is 1. The van der Waals surface area contributed by atoms with Crippen molar-refractivity contribution in [3.8, 4) is 0 Å². The SMILES string of the molecule is Cc1ccc([C@@H]2CCCN(C(=O)O)[C@@H]2C(=O)O)cc1. The Morgan fingerprint density at radius 2 is 1.84 bits per heavy atom. The van der Waals surface area contributed by atoms with E-state index in [-0.39, 0.29) is 12.5 Å². The lowest BCUT2D eigenvalue weighted by Gasteiger charge is -2.37. The summed E-state index contributed by atoms with van der Waals surface area (Å²) < 4.78 is 0. The van der Waals surface area contributed by atoms with Gasteiger partial charge in [-0.1, -0.05) is 29.8 Å². The van der Waals surface area contributed by atoms with Gasteiger partial charge in [0.05, 0.1) is 0 Å². The molecule has 2 N–H and O–H groups in total. The Hall–Kier alpha value is -2.04. The molecule has 1 aromatic carbocycles. The van der Waals surface area contributed by atoms with Gasteiger partial charge in [-0.25, -0.2) is 9.59 Å². The van der Waals surface area contributed by atoms with Crippen molar-refractivity contribution >= 4 is 12.1 Å². The van der Waals surface area contributed by atoms with Gasteiger partial charge in [0.15, 0.2) is 0 Å². The lowest BCUT2D eigenvalue weighted by atomic mass is 9.83. The van der Waals surface area contributed by atoms with Crippen molar-refractivity contribution in [2.45, 2.75) is 31.7 Å². The lowest BCUT2D eigenvalue weighted by molar-refractivity contribution is -0.144. The lowest BCUT2D eigenvalue weighted by Crippen LogP contribution is -2.51. The topological polar surface area (TPSA) is 77.8 Å². The number of aryl methyl sites for hydroxylation is 1. The summed E-state index contributed by atoms with van der Waals surface area (Å²) >= 11 is 0. The van der Waals surface area contributed by atoms with Gasteiger partial charge in [-0.15, -0.1) is 0 Å². The number of hydrogen-bond donors (Lipinski definition) is 2. The van der Waals surface area contributed by atoms with E-state index >= 15 is 0 Å². The number of amides is 1. The van der Waals surface area contributed by atoms with Gasteiger partial charge in [0.25, 0.3) is 0 Å². The van der Waals surface area contributed by atoms with Gasteiger partial charge >= 0.3 is 12.1 Å². The molecule has 102 valence electrons. The van der Waals surface area contributed by atoms with Crippen molar-refractivity contribution in [1.29, 1.82) is 0 Å². The highest BCUT2D eigenvalue weighted by atomic mass is 16.4. The fraction of sp³-hybridized carbons (Fsp3) is 0.429. The van der Waals surface area contributed by atoms with Crippen LogP contribution in [0.25, 0.3) is 0 Å². The molecule has 0 saturated carbocycles. The van der Waals surface area contributed by atoms with Crippen LogP contribution in [-0.2, 0) is 4.79 Å². The second kappa shape index (κ2) is 5.30. The molecule has 2 rings (SSSR count). The standard InChI is InChI=1S/C14H17NO4/c1-9-4-6-10(7-5-9)11-3-2-8-15(14(18)19)12(11)13(16)17/h4-7,11-12H,2-3,8H2,1H3,(H,16,17)(H,18,19)/t11-,12-/m0/s1. The molecule has 5 nitrogen and oxygen atoms in total. The Labute approximate surface area is 111 Å². The normalized spacial score (nSPS) is 23.1. The summed E-state index contributed by atoms with van der Waals surface area (Å²) in [4.78, 5) is 23.6. The van der Waals surface area contributed by atoms with Crippen LogP contribution in [-0.4, -0.2) is 39.8 Å². The molecular weight excluding hydrogens is 246 g/mol. The highest BCUT2D eigenvalue weighted by molar-refractivity contribution is 5.80. The third-order valence-corrected chi connectivity index (χ3v) is 3.64. The highest BCUT2D eigenvalue weighted by Gasteiger charge is 2.40. The predicted molar refractivity (Wildman–Crippen MR) is 69.3 cm³/mol. The maximum atomic E-state index is 11.4. The molecule has 1 heterocycles. The third kappa shape index (κ3) is 2.70. The first kappa shape index (κ1) is 13.4. The van der Waals surface area contributed by atoms with Crippen LogP contribution >= 0.6 is 0 Å². The molecule has 0 unspecified atom stereocenters. The van der Waals surface area contributed by atoms with E-state index in [4.69, 9.17) is 5.11 Å². The minimum atomic E-state index is -1.16. The van der Waals surface area contributed by atoms with Crippen LogP contribution in [0, 0.1) is 6.92 Å². The summed E-state index contributed by atoms with van der Waals surface area (Å²) in [5.41, 5.74) is 1.99. The predicted octanol–water partition coefficient (Wildman–Crippen LogP) is 2.31. The van der Waals surface area contributed by atoms with Gasteiger partial charge in [-0.2, -0.15) is 0 Å². The zero-order valence-corrected chi connectivity index (χ0v) is 10.7. The molecule has 2 atom stereocenters. The molecule has 0 aromatic heterocycles. The van der Waals surface area contributed by atoms with Crippen molar-refractivity contribution in [1.82, 2.24) is 4.90 Å². The number of nitrogens with zero attached hydrogens (tertiary/aromatic N) is 1. The monoisotopic (exact) mass is 263 g/mol. The fourth-order valence-electron chi connectivity index (χ4n) is 2.68. The maximum absolute atomic E-state index is 11.4. The molecule has 1 aromatic rings. The Bertz CT molecular complexity index is 483. The van der Waals surface area contributed by atoms with Crippen LogP contribution in [0.3, 0.4) is 0 Å². The fourth-order valence-corrected chi connectivity index (χ4v) is 2.68. The second-order valence-corrected chi connectivity index (χ2v) is 4.92. The van der Waals surface area contributed by atoms with E-state index in [1.807, 2.05) is 31.2 Å². The van der Waals surface area contributed by atoms with Crippen molar-refractivity contribution in [3.63, 3.8) is 0 Å². The minimum absolute atomic E-state index is 0.275. The Balaban J connectivity index is 2.33. The van der Waals surface area contributed by atoms with Crippen LogP contribution in [0.2, 0.25) is 0 Å². The van der Waals surface area contributed by atoms with Crippen molar-refractivity contribution < 1.29 is 19.8 Å². The van der Waals surface area contributed by atoms with Crippen LogP contribution in [0.1, 0.15) is 29.9 Å². The zero-order valence-electron chi connectivity index (χ0n) is 10.7. The van der Waals surface area contributed by atoms with E-state index in [0.29, 0.717) is 12.8 Å². The number of carbonyl (C=O) groups is 2. The van der Waals surface area contributed by atoms with E-state index in [2.05, 4.69) is 0 Å². The largest absolute Gasteiger partial charge is 0.480 e. The molecule has 0 radical (unpaired) electrons. The average Bonchev–Trinajstić information content (AvgIpc) is 2.38. The van der Waals surface area contributed by atoms with Gasteiger partial charge < -0.3 is 10.2 Å². The molecule has 19 heavy (non-hydrogen) atoms. The Kier molecular flexibility index (Phi) is 3.74. The van der Waals surface area contributed by atoms with Gasteiger partial charge in [0.1, 0.15) is 6.04 Å². The smallest absolute Gasteiger partial charge is 0.408 e. The van der Waals surface area contributed by atoms with E-state index in [1.165, 1.54) is 0 Å². The molecule has 1 fully saturated rings. The summed E-state index contributed by atoms with van der Waals surface area (Å²) in [6.07, 6.45) is 0.225. The number of likely N-dealkylation sites (tertiary alicyclic amines) is 1. The minimum Gasteiger partial charge on any atom is -0.480 e. The van der Waals surface area contributed by atoms with Gasteiger partial charge in [0.2, 0.25) is 0 Å². The molecule has 1 aliphatic rings. The molecular formula is C14H17NO4. The number of piperidine rings is 1. The summed E-state index contributed by atoms with van der Waals surface area (Å²) in [5.74, 6) is -1.35. The number of carboxylic acid groups (broad SMARTS) is 2. The Morgan fingerprint density at radius 3 is 2.37 bits per heavy atom. The van der Waals surface area contributed by atoms with E-state index in [0.717, 1.165) is 16.0 Å². The van der Waals surface area contributed by atoms with Crippen LogP contribution in [0.15, 0.2) is 24.3 Å². The van der Waals surface area contributed by atoms with Crippen molar-refractivity contribution in [2.24, 2.45) is 0 Å². The molecule has 1 aliphatic heterocycles. The number of benzene rings is 1. The molecule has 0 bridgehead atoms. The first-order chi connectivity index (χ1) is 9.00. The highest BCUT2D eigenvalue weighted by Crippen LogP contribution is 2.33. The van der Waals surface area contributed by atoms with Gasteiger partial charge in [-0.3, -0.25) is 4.90 Å². The van der Waals surface area contributed by atoms with Crippen LogP contribution in [0.5, 0.6) is 0 Å². The van der Waals surface area contributed by atoms with Gasteiger partial charge in [-0.05, 0) is 25.3 Å². The third-order valence-electron chi connectivity index (χ3n) is 3.64. The van der Waals surface area contributed by atoms with Crippen LogP contribution in [0.4, 0.5) is 4.79 Å². The number of rotatable bonds is 2. The first-order valence-corrected chi connectivity index (χ1v) is 6.29. The summed E-state index contributed by atoms with van der Waals surface area (Å²) in [5, 5.41) is 18.5. The van der Waals surface area contributed by atoms with Crippen molar-refractivity contribution in [3.05, 3.63) is 35.4 Å². The summed E-state index contributed by atoms with van der Waals surface area (Å²) in [6, 6.07) is 6.64. The van der Waals surface area contributed by atoms with E-state index < -0.39 is 18.1 Å². The first-order valence-electron chi connectivity index (χ1n) is 6.29. The number of hydrogen-bond acceptors (Lipinski definition) is 2. The molecule has 0 aliphatic carbocycles. The quantitative estimate of drug-likeness (QED) is 0.858. The average molecular weight is 263 g/mol. The summed E-state index contributed by atoms with van der Waals surface area (Å²) in [7, 11) is 0. The molecule has 1 saturated heterocycles. The maximum Gasteiger partial charge on any atom is 0.408 e. The van der Waals surface area contributed by atoms with Gasteiger partial charge in [0, 0.05) is 12.5 Å². The summed E-state index contributed by atoms with van der Waals surface area (Å²) in [6.45, 7) is 2.25. The van der Waals surface area contributed by atoms with E-state index in [9.17, 15) is 14.7 Å². The zero-order chi connectivity index (χ0) is 14.0. The molecule has 5 heteroatoms. The van der Waals surface area contributed by atoms with Crippen LogP contribution < -0.4 is 0 Å². The van der Waals surface area contributed by atoms with E-state index in [1.54, 1.807) is 0 Å². The number of aliphatic carboxylic acids is 1. The second-order valence-electron chi connectivity index (χ2n) is 4.92. The Morgan fingerprint density at radius 1 is 1.21 bits per heavy atom.